The number of rotatable bonds is 7. The van der Waals surface area contributed by atoms with Gasteiger partial charge in [-0.15, -0.1) is 11.3 Å². The first-order valence-corrected chi connectivity index (χ1v) is 10.9. The van der Waals surface area contributed by atoms with Gasteiger partial charge in [-0.05, 0) is 31.4 Å². The molecule has 1 aliphatic heterocycles. The summed E-state index contributed by atoms with van der Waals surface area (Å²) in [7, 11) is 0. The van der Waals surface area contributed by atoms with Crippen molar-refractivity contribution >= 4 is 40.3 Å². The van der Waals surface area contributed by atoms with E-state index in [-0.39, 0.29) is 30.1 Å². The maximum absolute atomic E-state index is 12.5. The third-order valence-electron chi connectivity index (χ3n) is 4.81. The Morgan fingerprint density at radius 2 is 1.97 bits per heavy atom. The molecular formula is C22H25N3O4S. The maximum Gasteiger partial charge on any atom is 0.309 e. The second-order valence-electron chi connectivity index (χ2n) is 6.96. The number of hydrogen-bond donors (Lipinski definition) is 1. The molecule has 0 spiro atoms. The molecule has 0 radical (unpaired) electrons. The van der Waals surface area contributed by atoms with Gasteiger partial charge in [0.2, 0.25) is 11.8 Å². The average Bonchev–Trinajstić information content (AvgIpc) is 3.19. The predicted octanol–water partition coefficient (Wildman–Crippen LogP) is 3.14. The molecule has 8 heteroatoms. The minimum absolute atomic E-state index is 0.0236. The number of anilines is 1. The number of benzene rings is 1. The topological polar surface area (TPSA) is 88.6 Å². The molecule has 0 bridgehead atoms. The van der Waals surface area contributed by atoms with Crippen LogP contribution in [0.2, 0.25) is 0 Å². The molecule has 0 atom stereocenters. The van der Waals surface area contributed by atoms with E-state index in [1.54, 1.807) is 23.3 Å². The second kappa shape index (κ2) is 10.7. The number of carbonyl (C=O) groups is 3. The van der Waals surface area contributed by atoms with Crippen molar-refractivity contribution in [3.63, 3.8) is 0 Å². The van der Waals surface area contributed by atoms with Gasteiger partial charge in [-0.2, -0.15) is 0 Å². The van der Waals surface area contributed by atoms with Gasteiger partial charge in [0.15, 0.2) is 5.13 Å². The largest absolute Gasteiger partial charge is 0.466 e. The van der Waals surface area contributed by atoms with Gasteiger partial charge in [-0.1, -0.05) is 30.3 Å². The van der Waals surface area contributed by atoms with Crippen LogP contribution in [-0.4, -0.2) is 47.4 Å². The Bertz CT molecular complexity index is 902. The normalized spacial score (nSPS) is 14.6. The van der Waals surface area contributed by atoms with Crippen LogP contribution in [0.15, 0.2) is 41.8 Å². The van der Waals surface area contributed by atoms with Crippen LogP contribution in [0.4, 0.5) is 5.13 Å². The Morgan fingerprint density at radius 3 is 2.67 bits per heavy atom. The molecule has 1 saturated heterocycles. The lowest BCUT2D eigenvalue weighted by Gasteiger charge is -2.30. The van der Waals surface area contributed by atoms with E-state index in [1.807, 2.05) is 30.3 Å². The Hall–Kier alpha value is -3.00. The first kappa shape index (κ1) is 21.7. The van der Waals surface area contributed by atoms with Crippen molar-refractivity contribution in [1.29, 1.82) is 0 Å². The highest BCUT2D eigenvalue weighted by Gasteiger charge is 2.28. The van der Waals surface area contributed by atoms with E-state index in [9.17, 15) is 14.4 Å². The second-order valence-corrected chi connectivity index (χ2v) is 7.82. The van der Waals surface area contributed by atoms with E-state index in [1.165, 1.54) is 17.4 Å². The maximum atomic E-state index is 12.5. The minimum Gasteiger partial charge on any atom is -0.466 e. The summed E-state index contributed by atoms with van der Waals surface area (Å²) in [5, 5.41) is 4.96. The number of nitrogens with zero attached hydrogens (tertiary/aromatic N) is 2. The molecule has 0 saturated carbocycles. The van der Waals surface area contributed by atoms with Crippen molar-refractivity contribution in [1.82, 2.24) is 9.88 Å². The van der Waals surface area contributed by atoms with Crippen molar-refractivity contribution in [2.75, 3.05) is 25.0 Å². The van der Waals surface area contributed by atoms with Gasteiger partial charge in [0.1, 0.15) is 0 Å². The molecule has 2 amide bonds. The van der Waals surface area contributed by atoms with Crippen molar-refractivity contribution in [3.05, 3.63) is 53.0 Å². The highest BCUT2D eigenvalue weighted by molar-refractivity contribution is 7.14. The lowest BCUT2D eigenvalue weighted by atomic mass is 9.97. The van der Waals surface area contributed by atoms with Gasteiger partial charge >= 0.3 is 5.97 Å². The van der Waals surface area contributed by atoms with E-state index in [0.29, 0.717) is 43.4 Å². The number of hydrogen-bond acceptors (Lipinski definition) is 6. The number of nitrogens with one attached hydrogen (secondary N) is 1. The first-order chi connectivity index (χ1) is 14.5. The number of amides is 2. The third-order valence-corrected chi connectivity index (χ3v) is 5.62. The molecule has 3 rings (SSSR count). The van der Waals surface area contributed by atoms with E-state index < -0.39 is 0 Å². The molecule has 1 aromatic carbocycles. The van der Waals surface area contributed by atoms with Crippen LogP contribution in [-0.2, 0) is 25.5 Å². The summed E-state index contributed by atoms with van der Waals surface area (Å²) < 4.78 is 5.06. The third kappa shape index (κ3) is 6.25. The van der Waals surface area contributed by atoms with E-state index in [0.717, 1.165) is 5.56 Å². The molecule has 1 aromatic heterocycles. The highest BCUT2D eigenvalue weighted by Crippen LogP contribution is 2.21. The Labute approximate surface area is 179 Å². The fraction of sp³-hybridized carbons (Fsp3) is 0.364. The molecule has 1 N–H and O–H groups in total. The summed E-state index contributed by atoms with van der Waals surface area (Å²) >= 11 is 1.29. The number of aromatic nitrogens is 1. The Morgan fingerprint density at radius 1 is 1.23 bits per heavy atom. The van der Waals surface area contributed by atoms with Gasteiger partial charge < -0.3 is 9.64 Å². The average molecular weight is 428 g/mol. The van der Waals surface area contributed by atoms with Crippen LogP contribution >= 0.6 is 11.3 Å². The molecule has 30 heavy (non-hydrogen) atoms. The molecule has 1 aliphatic rings. The quantitative estimate of drug-likeness (QED) is 0.542. The Kier molecular flexibility index (Phi) is 7.73. The summed E-state index contributed by atoms with van der Waals surface area (Å²) in [6.07, 6.45) is 4.60. The van der Waals surface area contributed by atoms with Crippen LogP contribution in [0.25, 0.3) is 6.08 Å². The van der Waals surface area contributed by atoms with Crippen LogP contribution < -0.4 is 5.32 Å². The van der Waals surface area contributed by atoms with E-state index in [4.69, 9.17) is 4.74 Å². The number of carbonyl (C=O) groups excluding carboxylic acids is 3. The molecule has 2 heterocycles. The summed E-state index contributed by atoms with van der Waals surface area (Å²) in [5.41, 5.74) is 1.56. The number of ether oxygens (including phenoxy) is 1. The molecule has 0 aliphatic carbocycles. The van der Waals surface area contributed by atoms with Crippen LogP contribution in [0.3, 0.4) is 0 Å². The smallest absolute Gasteiger partial charge is 0.309 e. The lowest BCUT2D eigenvalue weighted by Crippen LogP contribution is -2.41. The summed E-state index contributed by atoms with van der Waals surface area (Å²) in [4.78, 5) is 42.5. The van der Waals surface area contributed by atoms with E-state index >= 15 is 0 Å². The molecule has 0 unspecified atom stereocenters. The van der Waals surface area contributed by atoms with Gasteiger partial charge in [-0.25, -0.2) is 4.98 Å². The lowest BCUT2D eigenvalue weighted by molar-refractivity contribution is -0.151. The zero-order valence-electron chi connectivity index (χ0n) is 16.9. The molecule has 1 fully saturated rings. The molecule has 7 nitrogen and oxygen atoms in total. The van der Waals surface area contributed by atoms with E-state index in [2.05, 4.69) is 10.3 Å². The van der Waals surface area contributed by atoms with Gasteiger partial charge in [0.05, 0.1) is 24.6 Å². The van der Waals surface area contributed by atoms with Crippen LogP contribution in [0, 0.1) is 5.92 Å². The van der Waals surface area contributed by atoms with Crippen molar-refractivity contribution in [2.45, 2.75) is 26.2 Å². The zero-order chi connectivity index (χ0) is 21.3. The van der Waals surface area contributed by atoms with Crippen molar-refractivity contribution in [2.24, 2.45) is 5.92 Å². The first-order valence-electron chi connectivity index (χ1n) is 9.98. The zero-order valence-corrected chi connectivity index (χ0v) is 17.7. The van der Waals surface area contributed by atoms with Crippen molar-refractivity contribution < 1.29 is 19.1 Å². The highest BCUT2D eigenvalue weighted by atomic mass is 32.1. The minimum atomic E-state index is -0.271. The fourth-order valence-electron chi connectivity index (χ4n) is 3.22. The summed E-state index contributed by atoms with van der Waals surface area (Å²) in [5.74, 6) is -0.596. The van der Waals surface area contributed by atoms with Gasteiger partial charge in [-0.3, -0.25) is 19.7 Å². The number of esters is 1. The summed E-state index contributed by atoms with van der Waals surface area (Å²) in [6.45, 7) is 3.25. The summed E-state index contributed by atoms with van der Waals surface area (Å²) in [6, 6.07) is 9.54. The Balaban J connectivity index is 1.46. The fourth-order valence-corrected chi connectivity index (χ4v) is 3.93. The number of thiazole rings is 1. The molecule has 158 valence electrons. The van der Waals surface area contributed by atoms with Crippen LogP contribution in [0.5, 0.6) is 0 Å². The monoisotopic (exact) mass is 427 g/mol. The van der Waals surface area contributed by atoms with Crippen molar-refractivity contribution in [3.8, 4) is 0 Å². The van der Waals surface area contributed by atoms with Gasteiger partial charge in [0.25, 0.3) is 0 Å². The predicted molar refractivity (Wildman–Crippen MR) is 116 cm³/mol. The molecular weight excluding hydrogens is 402 g/mol. The van der Waals surface area contributed by atoms with Crippen LogP contribution in [0.1, 0.15) is 31.0 Å². The number of likely N-dealkylation sites (tertiary alicyclic amines) is 1. The molecule has 2 aromatic rings. The van der Waals surface area contributed by atoms with Gasteiger partial charge in [0, 0.05) is 24.5 Å². The SMILES string of the molecule is CCOC(=O)C1CCN(C(=O)Cc2csc(NC(=O)/C=C/c3ccccc3)n2)CC1. The standard InChI is InChI=1S/C22H25N3O4S/c1-2-29-21(28)17-10-12-25(13-11-17)20(27)14-18-15-30-22(23-18)24-19(26)9-8-16-6-4-3-5-7-16/h3-9,15,17H,2,10-14H2,1H3,(H,23,24,26)/b9-8+. The number of piperidine rings is 1.